The number of rotatable bonds is 6. The Morgan fingerprint density at radius 3 is 2.32 bits per heavy atom. The normalized spacial score (nSPS) is 11.5. The van der Waals surface area contributed by atoms with Crippen molar-refractivity contribution in [1.82, 2.24) is 4.90 Å². The largest absolute Gasteiger partial charge is 0.469 e. The predicted molar refractivity (Wildman–Crippen MR) is 98.2 cm³/mol. The molecule has 0 heterocycles. The van der Waals surface area contributed by atoms with Gasteiger partial charge in [-0.3, -0.25) is 4.79 Å². The third-order valence-corrected chi connectivity index (χ3v) is 3.90. The number of nitrogens with zero attached hydrogens (tertiary/aromatic N) is 1. The van der Waals surface area contributed by atoms with Crippen LogP contribution in [-0.2, 0) is 16.1 Å². The van der Waals surface area contributed by atoms with Gasteiger partial charge >= 0.3 is 12.0 Å². The predicted octanol–water partition coefficient (Wildman–Crippen LogP) is 3.84. The Morgan fingerprint density at radius 1 is 1.08 bits per heavy atom. The third-order valence-electron chi connectivity index (χ3n) is 3.90. The molecule has 0 aliphatic rings. The molecule has 1 unspecified atom stereocenters. The second-order valence-corrected chi connectivity index (χ2v) is 6.09. The number of benzene rings is 2. The van der Waals surface area contributed by atoms with Crippen LogP contribution in [0, 0.1) is 12.8 Å². The van der Waals surface area contributed by atoms with Crippen LogP contribution in [0.25, 0.3) is 0 Å². The van der Waals surface area contributed by atoms with E-state index in [0.29, 0.717) is 12.2 Å². The van der Waals surface area contributed by atoms with E-state index < -0.39 is 5.92 Å². The van der Waals surface area contributed by atoms with E-state index in [1.807, 2.05) is 61.5 Å². The summed E-state index contributed by atoms with van der Waals surface area (Å²) in [5, 5.41) is 2.87. The lowest BCUT2D eigenvalue weighted by Crippen LogP contribution is -2.39. The number of carbonyl (C=O) groups is 2. The van der Waals surface area contributed by atoms with Gasteiger partial charge in [0.1, 0.15) is 0 Å². The summed E-state index contributed by atoms with van der Waals surface area (Å²) in [6, 6.07) is 17.0. The molecule has 0 aliphatic carbocycles. The molecule has 0 saturated heterocycles. The van der Waals surface area contributed by atoms with Gasteiger partial charge in [-0.25, -0.2) is 4.79 Å². The van der Waals surface area contributed by atoms with Crippen molar-refractivity contribution in [3.63, 3.8) is 0 Å². The highest BCUT2D eigenvalue weighted by atomic mass is 16.5. The average Bonchev–Trinajstić information content (AvgIpc) is 2.62. The molecule has 0 bridgehead atoms. The zero-order valence-electron chi connectivity index (χ0n) is 14.9. The minimum absolute atomic E-state index is 0.248. The maximum atomic E-state index is 12.7. The van der Waals surface area contributed by atoms with Crippen LogP contribution in [-0.4, -0.2) is 30.6 Å². The molecule has 5 nitrogen and oxygen atoms in total. The van der Waals surface area contributed by atoms with Crippen LogP contribution >= 0.6 is 0 Å². The first-order chi connectivity index (χ1) is 12.0. The molecule has 25 heavy (non-hydrogen) atoms. The summed E-state index contributed by atoms with van der Waals surface area (Å²) in [7, 11) is 1.35. The van der Waals surface area contributed by atoms with Crippen LogP contribution in [0.15, 0.2) is 54.6 Å². The molecule has 2 aromatic rings. The van der Waals surface area contributed by atoms with Crippen molar-refractivity contribution in [2.24, 2.45) is 5.92 Å². The fraction of sp³-hybridized carbons (Fsp3) is 0.300. The van der Waals surface area contributed by atoms with Crippen LogP contribution in [0.2, 0.25) is 0 Å². The van der Waals surface area contributed by atoms with Crippen molar-refractivity contribution < 1.29 is 14.3 Å². The van der Waals surface area contributed by atoms with E-state index in [0.717, 1.165) is 11.1 Å². The number of para-hydroxylation sites is 1. The van der Waals surface area contributed by atoms with Crippen LogP contribution < -0.4 is 5.32 Å². The Morgan fingerprint density at radius 2 is 1.72 bits per heavy atom. The SMILES string of the molecule is COC(=O)C(C)CN(Cc1ccc(C)cc1)C(=O)Nc1ccccc1. The lowest BCUT2D eigenvalue weighted by Gasteiger charge is -2.25. The van der Waals surface area contributed by atoms with Gasteiger partial charge in [-0.15, -0.1) is 0 Å². The van der Waals surface area contributed by atoms with Gasteiger partial charge in [0.2, 0.25) is 0 Å². The fourth-order valence-electron chi connectivity index (χ4n) is 2.46. The molecule has 0 fully saturated rings. The minimum atomic E-state index is -0.406. The summed E-state index contributed by atoms with van der Waals surface area (Å²) >= 11 is 0. The highest BCUT2D eigenvalue weighted by molar-refractivity contribution is 5.89. The molecule has 1 atom stereocenters. The molecule has 0 radical (unpaired) electrons. The molecule has 132 valence electrons. The van der Waals surface area contributed by atoms with E-state index in [1.165, 1.54) is 7.11 Å². The van der Waals surface area contributed by atoms with Crippen molar-refractivity contribution in [1.29, 1.82) is 0 Å². The molecule has 2 aromatic carbocycles. The van der Waals surface area contributed by atoms with Crippen molar-refractivity contribution in [3.05, 3.63) is 65.7 Å². The number of esters is 1. The molecule has 5 heteroatoms. The number of hydrogen-bond acceptors (Lipinski definition) is 3. The highest BCUT2D eigenvalue weighted by Gasteiger charge is 2.22. The van der Waals surface area contributed by atoms with Crippen LogP contribution in [0.4, 0.5) is 10.5 Å². The zero-order valence-corrected chi connectivity index (χ0v) is 14.9. The quantitative estimate of drug-likeness (QED) is 0.813. The van der Waals surface area contributed by atoms with Crippen molar-refractivity contribution in [3.8, 4) is 0 Å². The van der Waals surface area contributed by atoms with E-state index in [-0.39, 0.29) is 18.5 Å². The number of aryl methyl sites for hydroxylation is 1. The number of urea groups is 1. The number of hydrogen-bond donors (Lipinski definition) is 1. The Balaban J connectivity index is 2.13. The van der Waals surface area contributed by atoms with E-state index in [2.05, 4.69) is 5.32 Å². The van der Waals surface area contributed by atoms with Gasteiger partial charge in [0, 0.05) is 18.8 Å². The molecule has 2 rings (SSSR count). The standard InChI is InChI=1S/C20H24N2O3/c1-15-9-11-17(12-10-15)14-22(13-16(2)19(23)25-3)20(24)21-18-7-5-4-6-8-18/h4-12,16H,13-14H2,1-3H3,(H,21,24). The van der Waals surface area contributed by atoms with E-state index >= 15 is 0 Å². The first kappa shape index (κ1) is 18.5. The smallest absolute Gasteiger partial charge is 0.322 e. The van der Waals surface area contributed by atoms with Gasteiger partial charge in [-0.1, -0.05) is 55.0 Å². The molecular formula is C20H24N2O3. The van der Waals surface area contributed by atoms with Crippen molar-refractivity contribution in [2.45, 2.75) is 20.4 Å². The van der Waals surface area contributed by atoms with E-state index in [9.17, 15) is 9.59 Å². The lowest BCUT2D eigenvalue weighted by molar-refractivity contribution is -0.145. The fourth-order valence-corrected chi connectivity index (χ4v) is 2.46. The molecule has 0 aromatic heterocycles. The molecule has 2 amide bonds. The summed E-state index contributed by atoms with van der Waals surface area (Å²) in [5.41, 5.74) is 2.88. The van der Waals surface area contributed by atoms with Gasteiger partial charge in [0.25, 0.3) is 0 Å². The van der Waals surface area contributed by atoms with Gasteiger partial charge < -0.3 is 15.0 Å². The Labute approximate surface area is 148 Å². The second-order valence-electron chi connectivity index (χ2n) is 6.09. The molecule has 0 saturated carbocycles. The molecule has 0 aliphatic heterocycles. The number of nitrogens with one attached hydrogen (secondary N) is 1. The Hall–Kier alpha value is -2.82. The summed E-state index contributed by atoms with van der Waals surface area (Å²) < 4.78 is 4.78. The monoisotopic (exact) mass is 340 g/mol. The third kappa shape index (κ3) is 5.64. The maximum Gasteiger partial charge on any atom is 0.322 e. The first-order valence-electron chi connectivity index (χ1n) is 8.24. The summed E-state index contributed by atoms with van der Waals surface area (Å²) in [6.07, 6.45) is 0. The number of methoxy groups -OCH3 is 1. The van der Waals surface area contributed by atoms with E-state index in [1.54, 1.807) is 11.8 Å². The number of carbonyl (C=O) groups excluding carboxylic acids is 2. The van der Waals surface area contributed by atoms with Crippen LogP contribution in [0.3, 0.4) is 0 Å². The van der Waals surface area contributed by atoms with Gasteiger partial charge in [-0.05, 0) is 24.6 Å². The topological polar surface area (TPSA) is 58.6 Å². The van der Waals surface area contributed by atoms with Gasteiger partial charge in [0.15, 0.2) is 0 Å². The first-order valence-corrected chi connectivity index (χ1v) is 8.24. The summed E-state index contributed by atoms with van der Waals surface area (Å²) in [6.45, 7) is 4.46. The molecular weight excluding hydrogens is 316 g/mol. The van der Waals surface area contributed by atoms with Gasteiger partial charge in [0.05, 0.1) is 13.0 Å². The Kier molecular flexibility index (Phi) is 6.57. The number of amides is 2. The van der Waals surface area contributed by atoms with Crippen molar-refractivity contribution >= 4 is 17.7 Å². The van der Waals surface area contributed by atoms with Crippen molar-refractivity contribution in [2.75, 3.05) is 19.0 Å². The Bertz CT molecular complexity index is 699. The van der Waals surface area contributed by atoms with Crippen LogP contribution in [0.5, 0.6) is 0 Å². The zero-order chi connectivity index (χ0) is 18.2. The average molecular weight is 340 g/mol. The number of anilines is 1. The minimum Gasteiger partial charge on any atom is -0.469 e. The van der Waals surface area contributed by atoms with E-state index in [4.69, 9.17) is 4.74 Å². The van der Waals surface area contributed by atoms with Crippen LogP contribution in [0.1, 0.15) is 18.1 Å². The highest BCUT2D eigenvalue weighted by Crippen LogP contribution is 2.13. The van der Waals surface area contributed by atoms with Gasteiger partial charge in [-0.2, -0.15) is 0 Å². The summed E-state index contributed by atoms with van der Waals surface area (Å²) in [5.74, 6) is -0.738. The lowest BCUT2D eigenvalue weighted by atomic mass is 10.1. The molecule has 0 spiro atoms. The summed E-state index contributed by atoms with van der Waals surface area (Å²) in [4.78, 5) is 26.1. The number of ether oxygens (including phenoxy) is 1. The second kappa shape index (κ2) is 8.87. The molecule has 1 N–H and O–H groups in total. The maximum absolute atomic E-state index is 12.7.